The van der Waals surface area contributed by atoms with Gasteiger partial charge in [0.1, 0.15) is 5.82 Å². The van der Waals surface area contributed by atoms with E-state index in [0.717, 1.165) is 55.9 Å². The standard InChI is InChI=1S/C16H26BrN3O/c1-3-8-21-15-6-5-7-20(12-15)16-13(10-18-4-2)9-14(17)11-19-16/h9,11,15,18H,3-8,10,12H2,1-2H3. The highest BCUT2D eigenvalue weighted by Crippen LogP contribution is 2.25. The van der Waals surface area contributed by atoms with Gasteiger partial charge in [0.25, 0.3) is 0 Å². The second kappa shape index (κ2) is 8.71. The number of ether oxygens (including phenoxy) is 1. The largest absolute Gasteiger partial charge is 0.376 e. The van der Waals surface area contributed by atoms with Gasteiger partial charge in [0, 0.05) is 42.5 Å². The van der Waals surface area contributed by atoms with Crippen LogP contribution in [0.1, 0.15) is 38.7 Å². The van der Waals surface area contributed by atoms with Gasteiger partial charge in [-0.2, -0.15) is 0 Å². The third kappa shape index (κ3) is 4.94. The van der Waals surface area contributed by atoms with Crippen molar-refractivity contribution in [2.45, 2.75) is 45.8 Å². The summed E-state index contributed by atoms with van der Waals surface area (Å²) in [5.74, 6) is 1.10. The van der Waals surface area contributed by atoms with Gasteiger partial charge in [-0.1, -0.05) is 13.8 Å². The first kappa shape index (κ1) is 16.7. The van der Waals surface area contributed by atoms with Crippen molar-refractivity contribution in [3.8, 4) is 0 Å². The first-order valence-electron chi connectivity index (χ1n) is 7.96. The lowest BCUT2D eigenvalue weighted by Crippen LogP contribution is -2.41. The Hall–Kier alpha value is -0.650. The number of halogens is 1. The van der Waals surface area contributed by atoms with E-state index >= 15 is 0 Å². The SMILES string of the molecule is CCCOC1CCCN(c2ncc(Br)cc2CNCC)C1. The van der Waals surface area contributed by atoms with Crippen LogP contribution in [-0.4, -0.2) is 37.3 Å². The summed E-state index contributed by atoms with van der Waals surface area (Å²) < 4.78 is 6.97. The maximum absolute atomic E-state index is 5.93. The molecule has 0 amide bonds. The number of nitrogens with zero attached hydrogens (tertiary/aromatic N) is 2. The van der Waals surface area contributed by atoms with Crippen LogP contribution in [0.25, 0.3) is 0 Å². The first-order chi connectivity index (χ1) is 10.2. The Morgan fingerprint density at radius 3 is 3.10 bits per heavy atom. The minimum atomic E-state index is 0.344. The molecule has 0 aliphatic carbocycles. The van der Waals surface area contributed by atoms with Gasteiger partial charge in [0.05, 0.1) is 6.10 Å². The van der Waals surface area contributed by atoms with E-state index in [0.29, 0.717) is 6.10 Å². The van der Waals surface area contributed by atoms with Crippen molar-refractivity contribution in [1.82, 2.24) is 10.3 Å². The third-order valence-electron chi connectivity index (χ3n) is 3.71. The Balaban J connectivity index is 2.08. The monoisotopic (exact) mass is 355 g/mol. The second-order valence-corrected chi connectivity index (χ2v) is 6.41. The van der Waals surface area contributed by atoms with Crippen LogP contribution < -0.4 is 10.2 Å². The summed E-state index contributed by atoms with van der Waals surface area (Å²) in [5, 5.41) is 3.40. The molecule has 0 radical (unpaired) electrons. The van der Waals surface area contributed by atoms with Gasteiger partial charge in [0.2, 0.25) is 0 Å². The molecular formula is C16H26BrN3O. The lowest BCUT2D eigenvalue weighted by molar-refractivity contribution is 0.0439. The number of nitrogens with one attached hydrogen (secondary N) is 1. The van der Waals surface area contributed by atoms with Crippen LogP contribution in [0.5, 0.6) is 0 Å². The van der Waals surface area contributed by atoms with Gasteiger partial charge >= 0.3 is 0 Å². The molecule has 1 fully saturated rings. The number of rotatable bonds is 7. The Kier molecular flexibility index (Phi) is 6.93. The summed E-state index contributed by atoms with van der Waals surface area (Å²) in [5.41, 5.74) is 1.25. The van der Waals surface area contributed by atoms with Gasteiger partial charge in [0.15, 0.2) is 0 Å². The topological polar surface area (TPSA) is 37.4 Å². The van der Waals surface area contributed by atoms with E-state index < -0.39 is 0 Å². The van der Waals surface area contributed by atoms with Crippen molar-refractivity contribution in [3.63, 3.8) is 0 Å². The Morgan fingerprint density at radius 2 is 2.33 bits per heavy atom. The van der Waals surface area contributed by atoms with E-state index in [1.54, 1.807) is 0 Å². The van der Waals surface area contributed by atoms with Gasteiger partial charge < -0.3 is 15.0 Å². The van der Waals surface area contributed by atoms with Gasteiger partial charge in [-0.25, -0.2) is 4.98 Å². The molecule has 21 heavy (non-hydrogen) atoms. The normalized spacial score (nSPS) is 19.0. The molecule has 0 aromatic carbocycles. The maximum atomic E-state index is 5.93. The van der Waals surface area contributed by atoms with Crippen LogP contribution in [0.2, 0.25) is 0 Å². The van der Waals surface area contributed by atoms with E-state index in [1.165, 1.54) is 12.0 Å². The molecule has 4 nitrogen and oxygen atoms in total. The molecule has 1 saturated heterocycles. The van der Waals surface area contributed by atoms with Crippen LogP contribution in [0, 0.1) is 0 Å². The fraction of sp³-hybridized carbons (Fsp3) is 0.688. The summed E-state index contributed by atoms with van der Waals surface area (Å²) in [6, 6.07) is 2.17. The Bertz CT molecular complexity index is 442. The summed E-state index contributed by atoms with van der Waals surface area (Å²) in [6.07, 6.45) is 5.65. The zero-order valence-corrected chi connectivity index (χ0v) is 14.7. The summed E-state index contributed by atoms with van der Waals surface area (Å²) in [6.45, 7) is 8.99. The third-order valence-corrected chi connectivity index (χ3v) is 4.14. The molecule has 1 aliphatic rings. The fourth-order valence-electron chi connectivity index (χ4n) is 2.70. The van der Waals surface area contributed by atoms with E-state index in [9.17, 15) is 0 Å². The zero-order valence-electron chi connectivity index (χ0n) is 13.1. The average Bonchev–Trinajstić information content (AvgIpc) is 2.51. The van der Waals surface area contributed by atoms with Crippen molar-refractivity contribution in [3.05, 3.63) is 22.3 Å². The molecule has 5 heteroatoms. The summed E-state index contributed by atoms with van der Waals surface area (Å²) in [7, 11) is 0. The molecule has 1 aliphatic heterocycles. The van der Waals surface area contributed by atoms with Gasteiger partial charge in [-0.05, 0) is 47.8 Å². The van der Waals surface area contributed by atoms with E-state index in [4.69, 9.17) is 4.74 Å². The van der Waals surface area contributed by atoms with Gasteiger partial charge in [-0.3, -0.25) is 0 Å². The minimum Gasteiger partial charge on any atom is -0.376 e. The Labute approximate surface area is 136 Å². The van der Waals surface area contributed by atoms with Crippen molar-refractivity contribution in [2.24, 2.45) is 0 Å². The highest BCUT2D eigenvalue weighted by atomic mass is 79.9. The van der Waals surface area contributed by atoms with E-state index in [-0.39, 0.29) is 0 Å². The summed E-state index contributed by atoms with van der Waals surface area (Å²) >= 11 is 3.52. The molecular weight excluding hydrogens is 330 g/mol. The highest BCUT2D eigenvalue weighted by Gasteiger charge is 2.23. The molecule has 0 bridgehead atoms. The van der Waals surface area contributed by atoms with Crippen LogP contribution in [-0.2, 0) is 11.3 Å². The molecule has 0 saturated carbocycles. The highest BCUT2D eigenvalue weighted by molar-refractivity contribution is 9.10. The number of pyridine rings is 1. The molecule has 2 rings (SSSR count). The molecule has 0 spiro atoms. The number of aromatic nitrogens is 1. The van der Waals surface area contributed by atoms with Crippen molar-refractivity contribution >= 4 is 21.7 Å². The van der Waals surface area contributed by atoms with Gasteiger partial charge in [-0.15, -0.1) is 0 Å². The zero-order chi connectivity index (χ0) is 15.1. The summed E-state index contributed by atoms with van der Waals surface area (Å²) in [4.78, 5) is 7.03. The quantitative estimate of drug-likeness (QED) is 0.813. The lowest BCUT2D eigenvalue weighted by Gasteiger charge is -2.34. The molecule has 1 aromatic rings. The molecule has 1 unspecified atom stereocenters. The molecule has 1 atom stereocenters. The van der Waals surface area contributed by atoms with Crippen molar-refractivity contribution in [1.29, 1.82) is 0 Å². The van der Waals surface area contributed by atoms with Crippen LogP contribution in [0.4, 0.5) is 5.82 Å². The van der Waals surface area contributed by atoms with E-state index in [2.05, 4.69) is 51.0 Å². The fourth-order valence-corrected chi connectivity index (χ4v) is 3.08. The number of anilines is 1. The van der Waals surface area contributed by atoms with Crippen molar-refractivity contribution < 1.29 is 4.74 Å². The predicted molar refractivity (Wildman–Crippen MR) is 90.8 cm³/mol. The second-order valence-electron chi connectivity index (χ2n) is 5.50. The number of piperidine rings is 1. The molecule has 118 valence electrons. The molecule has 2 heterocycles. The lowest BCUT2D eigenvalue weighted by atomic mass is 10.1. The first-order valence-corrected chi connectivity index (χ1v) is 8.75. The number of hydrogen-bond donors (Lipinski definition) is 1. The van der Waals surface area contributed by atoms with E-state index in [1.807, 2.05) is 6.20 Å². The smallest absolute Gasteiger partial charge is 0.133 e. The molecule has 1 N–H and O–H groups in total. The van der Waals surface area contributed by atoms with Crippen LogP contribution in [0.15, 0.2) is 16.7 Å². The number of hydrogen-bond acceptors (Lipinski definition) is 4. The minimum absolute atomic E-state index is 0.344. The van der Waals surface area contributed by atoms with Crippen LogP contribution >= 0.6 is 15.9 Å². The molecule has 1 aromatic heterocycles. The van der Waals surface area contributed by atoms with Crippen LogP contribution in [0.3, 0.4) is 0 Å². The average molecular weight is 356 g/mol. The Morgan fingerprint density at radius 1 is 1.48 bits per heavy atom. The maximum Gasteiger partial charge on any atom is 0.133 e. The predicted octanol–water partition coefficient (Wildman–Crippen LogP) is 3.35. The van der Waals surface area contributed by atoms with Crippen molar-refractivity contribution in [2.75, 3.05) is 31.1 Å².